The number of carbonyl (C=O) groups is 1. The summed E-state index contributed by atoms with van der Waals surface area (Å²) in [4.78, 5) is 23.0. The van der Waals surface area contributed by atoms with Crippen LogP contribution in [0.4, 0.5) is 11.6 Å². The fraction of sp³-hybridized carbons (Fsp3) is 0.421. The van der Waals surface area contributed by atoms with E-state index in [1.807, 2.05) is 36.1 Å². The Morgan fingerprint density at radius 3 is 2.65 bits per heavy atom. The summed E-state index contributed by atoms with van der Waals surface area (Å²) in [5, 5.41) is 6.53. The van der Waals surface area contributed by atoms with Gasteiger partial charge in [0.25, 0.3) is 5.91 Å². The molecule has 1 unspecified atom stereocenters. The molecule has 0 saturated carbocycles. The van der Waals surface area contributed by atoms with Crippen LogP contribution in [0.15, 0.2) is 36.7 Å². The van der Waals surface area contributed by atoms with E-state index < -0.39 is 0 Å². The number of rotatable bonds is 6. The van der Waals surface area contributed by atoms with Crippen molar-refractivity contribution in [2.45, 2.75) is 25.8 Å². The molecule has 2 aromatic rings. The molecule has 7 nitrogen and oxygen atoms in total. The van der Waals surface area contributed by atoms with E-state index >= 15 is 0 Å². The Hall–Kier alpha value is -2.83. The highest BCUT2D eigenvalue weighted by molar-refractivity contribution is 5.93. The molecule has 7 heteroatoms. The zero-order valence-corrected chi connectivity index (χ0v) is 15.2. The predicted octanol–water partition coefficient (Wildman–Crippen LogP) is 2.63. The zero-order valence-electron chi connectivity index (χ0n) is 15.2. The number of hydrogen-bond donors (Lipinski definition) is 2. The van der Waals surface area contributed by atoms with Crippen molar-refractivity contribution in [1.29, 1.82) is 0 Å². The van der Waals surface area contributed by atoms with Crippen LogP contribution >= 0.6 is 0 Å². The van der Waals surface area contributed by atoms with Gasteiger partial charge in [-0.3, -0.25) is 4.79 Å². The van der Waals surface area contributed by atoms with Gasteiger partial charge in [0.2, 0.25) is 5.95 Å². The Morgan fingerprint density at radius 2 is 2.00 bits per heavy atom. The first kappa shape index (κ1) is 18.0. The van der Waals surface area contributed by atoms with Crippen molar-refractivity contribution < 1.29 is 9.53 Å². The minimum Gasteiger partial charge on any atom is -0.497 e. The fourth-order valence-electron chi connectivity index (χ4n) is 3.07. The number of benzene rings is 1. The van der Waals surface area contributed by atoms with E-state index in [0.717, 1.165) is 37.4 Å². The van der Waals surface area contributed by atoms with Crippen molar-refractivity contribution in [2.75, 3.05) is 37.4 Å². The Labute approximate surface area is 153 Å². The van der Waals surface area contributed by atoms with Gasteiger partial charge in [-0.2, -0.15) is 0 Å². The number of ether oxygens (including phenoxy) is 1. The molecule has 1 amide bonds. The molecule has 1 atom stereocenters. The van der Waals surface area contributed by atoms with Gasteiger partial charge in [0.05, 0.1) is 12.7 Å². The molecule has 0 spiro atoms. The number of piperidine rings is 1. The van der Waals surface area contributed by atoms with Gasteiger partial charge in [0.1, 0.15) is 5.75 Å². The average molecular weight is 355 g/mol. The highest BCUT2D eigenvalue weighted by Gasteiger charge is 2.24. The number of methoxy groups -OCH3 is 1. The lowest BCUT2D eigenvalue weighted by Crippen LogP contribution is -2.45. The number of carbonyl (C=O) groups excluding carboxylic acids is 1. The van der Waals surface area contributed by atoms with Crippen molar-refractivity contribution in [3.8, 4) is 5.75 Å². The van der Waals surface area contributed by atoms with E-state index in [1.165, 1.54) is 0 Å². The lowest BCUT2D eigenvalue weighted by Gasteiger charge is -2.33. The van der Waals surface area contributed by atoms with Crippen molar-refractivity contribution >= 4 is 17.5 Å². The number of aromatic nitrogens is 2. The summed E-state index contributed by atoms with van der Waals surface area (Å²) in [5.74, 6) is 1.35. The van der Waals surface area contributed by atoms with Crippen molar-refractivity contribution in [3.05, 3.63) is 42.2 Å². The third-order valence-corrected chi connectivity index (χ3v) is 4.40. The topological polar surface area (TPSA) is 79.4 Å². The zero-order chi connectivity index (χ0) is 18.4. The molecule has 26 heavy (non-hydrogen) atoms. The van der Waals surface area contributed by atoms with Crippen LogP contribution in [0, 0.1) is 0 Å². The summed E-state index contributed by atoms with van der Waals surface area (Å²) in [5.41, 5.74) is 1.56. The molecule has 2 heterocycles. The van der Waals surface area contributed by atoms with Crippen LogP contribution in [0.3, 0.4) is 0 Å². The quantitative estimate of drug-likeness (QED) is 0.829. The molecule has 0 radical (unpaired) electrons. The van der Waals surface area contributed by atoms with Gasteiger partial charge in [-0.05, 0) is 44.0 Å². The Morgan fingerprint density at radius 1 is 1.27 bits per heavy atom. The number of hydrogen-bond acceptors (Lipinski definition) is 6. The molecule has 1 aliphatic rings. The van der Waals surface area contributed by atoms with Crippen LogP contribution in [0.5, 0.6) is 5.75 Å². The maximum atomic E-state index is 12.7. The average Bonchev–Trinajstić information content (AvgIpc) is 2.69. The van der Waals surface area contributed by atoms with Gasteiger partial charge in [-0.25, -0.2) is 9.97 Å². The second kappa shape index (κ2) is 8.51. The van der Waals surface area contributed by atoms with E-state index in [0.29, 0.717) is 18.1 Å². The maximum Gasteiger partial charge on any atom is 0.257 e. The summed E-state index contributed by atoms with van der Waals surface area (Å²) in [6, 6.07) is 8.07. The van der Waals surface area contributed by atoms with E-state index in [2.05, 4.69) is 20.6 Å². The summed E-state index contributed by atoms with van der Waals surface area (Å²) < 4.78 is 5.18. The third-order valence-electron chi connectivity index (χ3n) is 4.40. The van der Waals surface area contributed by atoms with Gasteiger partial charge in [0.15, 0.2) is 0 Å². The summed E-state index contributed by atoms with van der Waals surface area (Å²) in [7, 11) is 1.65. The van der Waals surface area contributed by atoms with Crippen LogP contribution in [-0.2, 0) is 0 Å². The van der Waals surface area contributed by atoms with Crippen LogP contribution in [0.2, 0.25) is 0 Å². The smallest absolute Gasteiger partial charge is 0.257 e. The van der Waals surface area contributed by atoms with Crippen molar-refractivity contribution in [3.63, 3.8) is 0 Å². The Balaban J connectivity index is 1.60. The number of likely N-dealkylation sites (tertiary alicyclic amines) is 1. The number of nitrogens with zero attached hydrogens (tertiary/aromatic N) is 3. The highest BCUT2D eigenvalue weighted by atomic mass is 16.5. The molecule has 2 N–H and O–H groups in total. The number of nitrogens with one attached hydrogen (secondary N) is 2. The molecule has 1 aromatic carbocycles. The van der Waals surface area contributed by atoms with Crippen molar-refractivity contribution in [2.24, 2.45) is 0 Å². The van der Waals surface area contributed by atoms with Crippen LogP contribution in [0.1, 0.15) is 30.1 Å². The fourth-order valence-corrected chi connectivity index (χ4v) is 3.07. The highest BCUT2D eigenvalue weighted by Crippen LogP contribution is 2.20. The Bertz CT molecular complexity index is 718. The first-order chi connectivity index (χ1) is 12.7. The van der Waals surface area contributed by atoms with Crippen LogP contribution in [-0.4, -0.2) is 53.6 Å². The van der Waals surface area contributed by atoms with Gasteiger partial charge >= 0.3 is 0 Å². The largest absolute Gasteiger partial charge is 0.497 e. The minimum absolute atomic E-state index is 0.0192. The molecule has 1 saturated heterocycles. The lowest BCUT2D eigenvalue weighted by molar-refractivity contribution is 0.0714. The van der Waals surface area contributed by atoms with Crippen molar-refractivity contribution in [1.82, 2.24) is 14.9 Å². The first-order valence-electron chi connectivity index (χ1n) is 8.95. The van der Waals surface area contributed by atoms with Crippen LogP contribution < -0.4 is 15.4 Å². The predicted molar refractivity (Wildman–Crippen MR) is 102 cm³/mol. The molecule has 0 aliphatic carbocycles. The van der Waals surface area contributed by atoms with E-state index in [9.17, 15) is 4.79 Å². The van der Waals surface area contributed by atoms with Crippen LogP contribution in [0.25, 0.3) is 0 Å². The number of anilines is 2. The Kier molecular flexibility index (Phi) is 5.88. The molecular formula is C19H25N5O2. The van der Waals surface area contributed by atoms with Gasteiger partial charge < -0.3 is 20.3 Å². The monoisotopic (exact) mass is 355 g/mol. The minimum atomic E-state index is -0.0192. The standard InChI is InChI=1S/C19H25N5O2/c1-3-20-19-21-11-14(12-22-19)18(25)24-10-4-5-16(13-24)23-15-6-8-17(26-2)9-7-15/h6-9,11-12,16,23H,3-5,10,13H2,1-2H3,(H,20,21,22). The number of amides is 1. The van der Waals surface area contributed by atoms with E-state index in [1.54, 1.807) is 19.5 Å². The van der Waals surface area contributed by atoms with E-state index in [4.69, 9.17) is 4.74 Å². The molecule has 0 bridgehead atoms. The third kappa shape index (κ3) is 4.41. The maximum absolute atomic E-state index is 12.7. The lowest BCUT2D eigenvalue weighted by atomic mass is 10.0. The summed E-state index contributed by atoms with van der Waals surface area (Å²) >= 11 is 0. The molecular weight excluding hydrogens is 330 g/mol. The normalized spacial score (nSPS) is 16.8. The molecule has 1 aliphatic heterocycles. The van der Waals surface area contributed by atoms with Gasteiger partial charge in [-0.15, -0.1) is 0 Å². The summed E-state index contributed by atoms with van der Waals surface area (Å²) in [6.07, 6.45) is 5.18. The molecule has 3 rings (SSSR count). The first-order valence-corrected chi connectivity index (χ1v) is 8.95. The molecule has 138 valence electrons. The van der Waals surface area contributed by atoms with Gasteiger partial charge in [-0.1, -0.05) is 0 Å². The summed E-state index contributed by atoms with van der Waals surface area (Å²) in [6.45, 7) is 4.15. The second-order valence-electron chi connectivity index (χ2n) is 6.29. The molecule has 1 aromatic heterocycles. The second-order valence-corrected chi connectivity index (χ2v) is 6.29. The molecule has 1 fully saturated rings. The SMILES string of the molecule is CCNc1ncc(C(=O)N2CCCC(Nc3ccc(OC)cc3)C2)cn1. The van der Waals surface area contributed by atoms with E-state index in [-0.39, 0.29) is 11.9 Å². The van der Waals surface area contributed by atoms with Gasteiger partial charge in [0, 0.05) is 43.8 Å².